The highest BCUT2D eigenvalue weighted by Crippen LogP contribution is 2.15. The minimum atomic E-state index is 0.607. The van der Waals surface area contributed by atoms with E-state index >= 15 is 0 Å². The number of para-hydroxylation sites is 1. The number of nitrogens with zero attached hydrogens (tertiary/aromatic N) is 3. The van der Waals surface area contributed by atoms with Gasteiger partial charge < -0.3 is 10.2 Å². The summed E-state index contributed by atoms with van der Waals surface area (Å²) in [4.78, 5) is 10.7. The molecule has 0 unspecified atom stereocenters. The number of aromatic nitrogens is 2. The van der Waals surface area contributed by atoms with E-state index in [2.05, 4.69) is 15.3 Å². The number of nitrogens with one attached hydrogen (secondary N) is 1. The van der Waals surface area contributed by atoms with Crippen LogP contribution in [0.25, 0.3) is 5.57 Å². The largest absolute Gasteiger partial charge is 0.383 e. The molecule has 0 saturated heterocycles. The quantitative estimate of drug-likeness (QED) is 0.910. The normalized spacial score (nSPS) is 11.2. The first-order valence-electron chi connectivity index (χ1n) is 6.15. The molecule has 0 aliphatic heterocycles. The average Bonchev–Trinajstić information content (AvgIpc) is 2.39. The molecule has 0 amide bonds. The number of allylic oxidation sites excluding steroid dienone is 1. The first kappa shape index (κ1) is 13.1. The molecule has 0 spiro atoms. The number of anilines is 2. The Morgan fingerprint density at radius 3 is 2.58 bits per heavy atom. The molecule has 0 aliphatic carbocycles. The molecule has 0 radical (unpaired) electrons. The van der Waals surface area contributed by atoms with Crippen molar-refractivity contribution in [2.45, 2.75) is 6.92 Å². The Bertz CT molecular complexity index is 561. The maximum absolute atomic E-state index is 4.50. The van der Waals surface area contributed by atoms with Crippen LogP contribution in [0, 0.1) is 0 Å². The van der Waals surface area contributed by atoms with Crippen molar-refractivity contribution in [2.75, 3.05) is 19.4 Å². The molecule has 19 heavy (non-hydrogen) atoms. The van der Waals surface area contributed by atoms with Crippen LogP contribution in [-0.4, -0.2) is 29.0 Å². The van der Waals surface area contributed by atoms with Gasteiger partial charge in [-0.3, -0.25) is 0 Å². The van der Waals surface area contributed by atoms with Crippen LogP contribution in [-0.2, 0) is 0 Å². The second-order valence-corrected chi connectivity index (χ2v) is 4.53. The van der Waals surface area contributed by atoms with Crippen molar-refractivity contribution < 1.29 is 0 Å². The molecule has 1 heterocycles. The molecule has 2 aromatic rings. The number of hydrogen-bond donors (Lipinski definition) is 1. The van der Waals surface area contributed by atoms with Gasteiger partial charge in [0, 0.05) is 32.2 Å². The van der Waals surface area contributed by atoms with E-state index < -0.39 is 0 Å². The minimum absolute atomic E-state index is 0.607. The summed E-state index contributed by atoms with van der Waals surface area (Å²) in [5.41, 5.74) is 3.00. The van der Waals surface area contributed by atoms with Crippen molar-refractivity contribution in [2.24, 2.45) is 0 Å². The van der Waals surface area contributed by atoms with Crippen LogP contribution in [0.2, 0.25) is 0 Å². The lowest BCUT2D eigenvalue weighted by Crippen LogP contribution is -2.03. The lowest BCUT2D eigenvalue weighted by atomic mass is 10.2. The van der Waals surface area contributed by atoms with Crippen LogP contribution in [0.1, 0.15) is 12.6 Å². The summed E-state index contributed by atoms with van der Waals surface area (Å²) < 4.78 is 0. The standard InChI is InChI=1S/C15H18N4/c1-12(11-19(2)3)14-9-10-16-15(18-14)17-13-7-5-4-6-8-13/h4-11H,1-3H3,(H,16,17,18)/b12-11+. The van der Waals surface area contributed by atoms with Crippen molar-refractivity contribution in [1.82, 2.24) is 14.9 Å². The summed E-state index contributed by atoms with van der Waals surface area (Å²) in [6, 6.07) is 11.8. The molecule has 0 aliphatic rings. The molecule has 1 N–H and O–H groups in total. The molecule has 98 valence electrons. The smallest absolute Gasteiger partial charge is 0.227 e. The fourth-order valence-corrected chi connectivity index (χ4v) is 1.74. The topological polar surface area (TPSA) is 41.1 Å². The van der Waals surface area contributed by atoms with Crippen molar-refractivity contribution in [3.63, 3.8) is 0 Å². The summed E-state index contributed by atoms with van der Waals surface area (Å²) in [5, 5.41) is 3.19. The van der Waals surface area contributed by atoms with Gasteiger partial charge in [0.2, 0.25) is 5.95 Å². The van der Waals surface area contributed by atoms with Gasteiger partial charge >= 0.3 is 0 Å². The van der Waals surface area contributed by atoms with E-state index in [0.717, 1.165) is 17.0 Å². The van der Waals surface area contributed by atoms with Gasteiger partial charge in [0.1, 0.15) is 0 Å². The van der Waals surface area contributed by atoms with E-state index in [1.807, 2.05) is 68.5 Å². The molecule has 1 aromatic carbocycles. The average molecular weight is 254 g/mol. The lowest BCUT2D eigenvalue weighted by Gasteiger charge is -2.09. The SMILES string of the molecule is C/C(=C\N(C)C)c1ccnc(Nc2ccccc2)n1. The summed E-state index contributed by atoms with van der Waals surface area (Å²) >= 11 is 0. The molecule has 4 heteroatoms. The molecule has 0 fully saturated rings. The van der Waals surface area contributed by atoms with Crippen LogP contribution in [0.5, 0.6) is 0 Å². The Morgan fingerprint density at radius 1 is 1.16 bits per heavy atom. The molecule has 4 nitrogen and oxygen atoms in total. The van der Waals surface area contributed by atoms with E-state index in [1.54, 1.807) is 6.20 Å². The van der Waals surface area contributed by atoms with Crippen molar-refractivity contribution >= 4 is 17.2 Å². The Labute approximate surface area is 113 Å². The van der Waals surface area contributed by atoms with Gasteiger partial charge in [-0.05, 0) is 30.7 Å². The van der Waals surface area contributed by atoms with E-state index in [4.69, 9.17) is 0 Å². The van der Waals surface area contributed by atoms with Gasteiger partial charge in [0.25, 0.3) is 0 Å². The Morgan fingerprint density at radius 2 is 1.89 bits per heavy atom. The zero-order valence-electron chi connectivity index (χ0n) is 11.5. The van der Waals surface area contributed by atoms with Crippen LogP contribution < -0.4 is 5.32 Å². The fourth-order valence-electron chi connectivity index (χ4n) is 1.74. The molecule has 2 rings (SSSR count). The monoisotopic (exact) mass is 254 g/mol. The first-order valence-corrected chi connectivity index (χ1v) is 6.15. The third-order valence-electron chi connectivity index (χ3n) is 2.54. The van der Waals surface area contributed by atoms with E-state index in [9.17, 15) is 0 Å². The second-order valence-electron chi connectivity index (χ2n) is 4.53. The molecular weight excluding hydrogens is 236 g/mol. The van der Waals surface area contributed by atoms with Gasteiger partial charge in [0.15, 0.2) is 0 Å². The third-order valence-corrected chi connectivity index (χ3v) is 2.54. The number of hydrogen-bond acceptors (Lipinski definition) is 4. The zero-order chi connectivity index (χ0) is 13.7. The van der Waals surface area contributed by atoms with Crippen molar-refractivity contribution in [3.8, 4) is 0 Å². The van der Waals surface area contributed by atoms with Crippen LogP contribution >= 0.6 is 0 Å². The molecule has 0 saturated carbocycles. The Kier molecular flexibility index (Phi) is 4.13. The van der Waals surface area contributed by atoms with Gasteiger partial charge in [-0.1, -0.05) is 18.2 Å². The fraction of sp³-hybridized carbons (Fsp3) is 0.200. The van der Waals surface area contributed by atoms with Gasteiger partial charge in [0.05, 0.1) is 5.69 Å². The summed E-state index contributed by atoms with van der Waals surface area (Å²) in [6.45, 7) is 2.04. The molecule has 0 bridgehead atoms. The predicted octanol–water partition coefficient (Wildman–Crippen LogP) is 3.14. The predicted molar refractivity (Wildman–Crippen MR) is 79.1 cm³/mol. The highest BCUT2D eigenvalue weighted by Gasteiger charge is 2.02. The van der Waals surface area contributed by atoms with E-state index in [0.29, 0.717) is 5.95 Å². The summed E-state index contributed by atoms with van der Waals surface area (Å²) in [5.74, 6) is 0.607. The minimum Gasteiger partial charge on any atom is -0.383 e. The maximum atomic E-state index is 4.50. The number of rotatable bonds is 4. The van der Waals surface area contributed by atoms with Crippen molar-refractivity contribution in [1.29, 1.82) is 0 Å². The Hall–Kier alpha value is -2.36. The second kappa shape index (κ2) is 6.00. The highest BCUT2D eigenvalue weighted by molar-refractivity contribution is 5.62. The molecule has 0 atom stereocenters. The third kappa shape index (κ3) is 3.81. The van der Waals surface area contributed by atoms with E-state index in [1.165, 1.54) is 0 Å². The van der Waals surface area contributed by atoms with Crippen LogP contribution in [0.3, 0.4) is 0 Å². The summed E-state index contributed by atoms with van der Waals surface area (Å²) in [7, 11) is 3.99. The zero-order valence-corrected chi connectivity index (χ0v) is 11.5. The Balaban J connectivity index is 2.20. The maximum Gasteiger partial charge on any atom is 0.227 e. The van der Waals surface area contributed by atoms with Crippen LogP contribution in [0.4, 0.5) is 11.6 Å². The van der Waals surface area contributed by atoms with Crippen molar-refractivity contribution in [3.05, 3.63) is 54.5 Å². The lowest BCUT2D eigenvalue weighted by molar-refractivity contribution is 0.565. The van der Waals surface area contributed by atoms with Crippen LogP contribution in [0.15, 0.2) is 48.8 Å². The van der Waals surface area contributed by atoms with Gasteiger partial charge in [-0.2, -0.15) is 0 Å². The highest BCUT2D eigenvalue weighted by atomic mass is 15.1. The van der Waals surface area contributed by atoms with Gasteiger partial charge in [-0.25, -0.2) is 9.97 Å². The summed E-state index contributed by atoms with van der Waals surface area (Å²) in [6.07, 6.45) is 3.80. The first-order chi connectivity index (χ1) is 9.15. The molecule has 1 aromatic heterocycles. The van der Waals surface area contributed by atoms with Gasteiger partial charge in [-0.15, -0.1) is 0 Å². The van der Waals surface area contributed by atoms with E-state index in [-0.39, 0.29) is 0 Å². The number of benzene rings is 1. The molecular formula is C15H18N4.